The Labute approximate surface area is 157 Å². The van der Waals surface area contributed by atoms with E-state index >= 15 is 0 Å². The zero-order chi connectivity index (χ0) is 18.9. The van der Waals surface area contributed by atoms with Gasteiger partial charge in [0.2, 0.25) is 0 Å². The lowest BCUT2D eigenvalue weighted by Crippen LogP contribution is -2.65. The van der Waals surface area contributed by atoms with Crippen molar-refractivity contribution in [3.8, 4) is 0 Å². The molecular formula is C22H34O4. The van der Waals surface area contributed by atoms with Gasteiger partial charge in [-0.05, 0) is 68.1 Å². The molecule has 0 unspecified atom stereocenters. The quantitative estimate of drug-likeness (QED) is 0.583. The van der Waals surface area contributed by atoms with Crippen LogP contribution >= 0.6 is 0 Å². The van der Waals surface area contributed by atoms with Crippen molar-refractivity contribution in [2.24, 2.45) is 34.0 Å². The first-order valence-corrected chi connectivity index (χ1v) is 10.3. The highest BCUT2D eigenvalue weighted by Gasteiger charge is 2.68. The Morgan fingerprint density at radius 1 is 1.19 bits per heavy atom. The zero-order valence-electron chi connectivity index (χ0n) is 16.5. The van der Waals surface area contributed by atoms with Crippen LogP contribution in [-0.4, -0.2) is 35.0 Å². The van der Waals surface area contributed by atoms with Gasteiger partial charge in [-0.15, -0.1) is 0 Å². The topological polar surface area (TPSA) is 66.8 Å². The third-order valence-corrected chi connectivity index (χ3v) is 9.07. The molecule has 26 heavy (non-hydrogen) atoms. The lowest BCUT2D eigenvalue weighted by Gasteiger charge is -2.66. The summed E-state index contributed by atoms with van der Waals surface area (Å²) in [4.78, 5) is 11.4. The van der Waals surface area contributed by atoms with E-state index in [-0.39, 0.29) is 35.4 Å². The number of allylic oxidation sites excluding steroid dienone is 1. The monoisotopic (exact) mass is 362 g/mol. The van der Waals surface area contributed by atoms with Gasteiger partial charge in [-0.3, -0.25) is 4.79 Å². The van der Waals surface area contributed by atoms with Crippen LogP contribution in [0.15, 0.2) is 12.2 Å². The normalized spacial score (nSPS) is 53.0. The molecule has 0 saturated heterocycles. The maximum atomic E-state index is 11.4. The molecule has 4 rings (SSSR count). The molecule has 0 aromatic carbocycles. The molecule has 2 N–H and O–H groups in total. The molecule has 4 nitrogen and oxygen atoms in total. The van der Waals surface area contributed by atoms with Crippen LogP contribution in [0.3, 0.4) is 0 Å². The average Bonchev–Trinajstić information content (AvgIpc) is 2.83. The fourth-order valence-electron chi connectivity index (χ4n) is 7.75. The standard InChI is InChI=1S/C22H34O4/c1-13-10-22-11-15(13)5-6-16(22)20(3)8-7-18(24)21(4,12-26-14(2)23)17(20)9-19(22)25/h15-19,24-25H,1,5-12H2,2-4H3/t15-,16+,17+,18-,19+,20+,21-,22+/m0/s1. The largest absolute Gasteiger partial charge is 0.465 e. The van der Waals surface area contributed by atoms with Crippen LogP contribution in [0.5, 0.6) is 0 Å². The second kappa shape index (κ2) is 5.81. The molecule has 8 atom stereocenters. The van der Waals surface area contributed by atoms with Crippen LogP contribution in [0.4, 0.5) is 0 Å². The summed E-state index contributed by atoms with van der Waals surface area (Å²) in [6.07, 6.45) is 5.98. The van der Waals surface area contributed by atoms with E-state index < -0.39 is 11.5 Å². The van der Waals surface area contributed by atoms with Gasteiger partial charge in [-0.1, -0.05) is 26.0 Å². The van der Waals surface area contributed by atoms with Crippen molar-refractivity contribution in [1.82, 2.24) is 0 Å². The van der Waals surface area contributed by atoms with E-state index in [9.17, 15) is 15.0 Å². The van der Waals surface area contributed by atoms with Crippen LogP contribution in [0.1, 0.15) is 65.7 Å². The number of hydrogen-bond donors (Lipinski definition) is 2. The molecule has 0 heterocycles. The summed E-state index contributed by atoms with van der Waals surface area (Å²) in [7, 11) is 0. The molecule has 0 aliphatic heterocycles. The van der Waals surface area contributed by atoms with Crippen LogP contribution < -0.4 is 0 Å². The Hall–Kier alpha value is -0.870. The van der Waals surface area contributed by atoms with Gasteiger partial charge in [0.1, 0.15) is 0 Å². The van der Waals surface area contributed by atoms with E-state index in [0.29, 0.717) is 18.3 Å². The number of hydrogen-bond acceptors (Lipinski definition) is 4. The average molecular weight is 363 g/mol. The highest BCUT2D eigenvalue weighted by molar-refractivity contribution is 5.65. The Morgan fingerprint density at radius 2 is 1.92 bits per heavy atom. The maximum Gasteiger partial charge on any atom is 0.302 e. The maximum absolute atomic E-state index is 11.4. The molecule has 0 aromatic rings. The van der Waals surface area contributed by atoms with Crippen molar-refractivity contribution < 1.29 is 19.7 Å². The first-order valence-electron chi connectivity index (χ1n) is 10.3. The van der Waals surface area contributed by atoms with Gasteiger partial charge in [-0.25, -0.2) is 0 Å². The van der Waals surface area contributed by atoms with Gasteiger partial charge in [-0.2, -0.15) is 0 Å². The van der Waals surface area contributed by atoms with Crippen molar-refractivity contribution >= 4 is 5.97 Å². The third-order valence-electron chi connectivity index (χ3n) is 9.07. The molecule has 4 fully saturated rings. The van der Waals surface area contributed by atoms with E-state index in [2.05, 4.69) is 20.4 Å². The summed E-state index contributed by atoms with van der Waals surface area (Å²) in [5.41, 5.74) is 0.902. The molecule has 4 heteroatoms. The molecule has 4 aliphatic carbocycles. The van der Waals surface area contributed by atoms with Gasteiger partial charge < -0.3 is 14.9 Å². The van der Waals surface area contributed by atoms with E-state index in [4.69, 9.17) is 4.74 Å². The van der Waals surface area contributed by atoms with E-state index in [1.54, 1.807) is 0 Å². The minimum atomic E-state index is -0.492. The fraction of sp³-hybridized carbons (Fsp3) is 0.864. The second-order valence-corrected chi connectivity index (χ2v) is 10.2. The molecule has 0 aromatic heterocycles. The summed E-state index contributed by atoms with van der Waals surface area (Å²) in [6, 6.07) is 0. The summed E-state index contributed by atoms with van der Waals surface area (Å²) in [5, 5.41) is 22.2. The predicted molar refractivity (Wildman–Crippen MR) is 99.2 cm³/mol. The van der Waals surface area contributed by atoms with Crippen molar-refractivity contribution in [2.75, 3.05) is 6.61 Å². The lowest BCUT2D eigenvalue weighted by atomic mass is 9.40. The van der Waals surface area contributed by atoms with Crippen LogP contribution in [-0.2, 0) is 9.53 Å². The number of esters is 1. The minimum absolute atomic E-state index is 0.0180. The summed E-state index contributed by atoms with van der Waals surface area (Å²) in [6.45, 7) is 10.4. The van der Waals surface area contributed by atoms with Gasteiger partial charge >= 0.3 is 5.97 Å². The lowest BCUT2D eigenvalue weighted by molar-refractivity contribution is -0.232. The molecule has 2 bridgehead atoms. The molecule has 0 radical (unpaired) electrons. The second-order valence-electron chi connectivity index (χ2n) is 10.2. The van der Waals surface area contributed by atoms with Gasteiger partial charge in [0, 0.05) is 17.8 Å². The Bertz CT molecular complexity index is 630. The number of aliphatic hydroxyl groups excluding tert-OH is 2. The van der Waals surface area contributed by atoms with Gasteiger partial charge in [0.05, 0.1) is 18.8 Å². The number of carbonyl (C=O) groups is 1. The Morgan fingerprint density at radius 3 is 2.62 bits per heavy atom. The van der Waals surface area contributed by atoms with Crippen LogP contribution in [0, 0.1) is 34.0 Å². The highest BCUT2D eigenvalue weighted by atomic mass is 16.5. The van der Waals surface area contributed by atoms with Gasteiger partial charge in [0.25, 0.3) is 0 Å². The van der Waals surface area contributed by atoms with E-state index in [1.165, 1.54) is 18.9 Å². The molecule has 4 aliphatic rings. The Kier molecular flexibility index (Phi) is 4.13. The first-order chi connectivity index (χ1) is 12.1. The number of ether oxygens (including phenoxy) is 1. The third kappa shape index (κ3) is 2.30. The fourth-order valence-corrected chi connectivity index (χ4v) is 7.75. The smallest absolute Gasteiger partial charge is 0.302 e. The highest BCUT2D eigenvalue weighted by Crippen LogP contribution is 2.72. The van der Waals surface area contributed by atoms with Crippen molar-refractivity contribution in [1.29, 1.82) is 0 Å². The molecule has 4 saturated carbocycles. The summed E-state index contributed by atoms with van der Waals surface area (Å²) >= 11 is 0. The van der Waals surface area contributed by atoms with Crippen LogP contribution in [0.25, 0.3) is 0 Å². The van der Waals surface area contributed by atoms with E-state index in [0.717, 1.165) is 32.1 Å². The zero-order valence-corrected chi connectivity index (χ0v) is 16.5. The van der Waals surface area contributed by atoms with Crippen molar-refractivity contribution in [3.05, 3.63) is 12.2 Å². The van der Waals surface area contributed by atoms with Gasteiger partial charge in [0.15, 0.2) is 0 Å². The number of aliphatic hydroxyl groups is 2. The molecule has 1 spiro atoms. The summed E-state index contributed by atoms with van der Waals surface area (Å²) < 4.78 is 5.40. The summed E-state index contributed by atoms with van der Waals surface area (Å²) in [5.74, 6) is 0.909. The van der Waals surface area contributed by atoms with Crippen molar-refractivity contribution in [2.45, 2.75) is 77.9 Å². The van der Waals surface area contributed by atoms with Crippen molar-refractivity contribution in [3.63, 3.8) is 0 Å². The van der Waals surface area contributed by atoms with Crippen LogP contribution in [0.2, 0.25) is 0 Å². The first kappa shape index (κ1) is 18.5. The molecule has 0 amide bonds. The predicted octanol–water partition coefficient (Wildman–Crippen LogP) is 3.46. The minimum Gasteiger partial charge on any atom is -0.465 e. The Balaban J connectivity index is 1.72. The molecule has 146 valence electrons. The number of fused-ring (bicyclic) bond motifs is 3. The molecular weight excluding hydrogens is 328 g/mol. The van der Waals surface area contributed by atoms with E-state index in [1.807, 2.05) is 0 Å². The SMILES string of the molecule is C=C1C[C@@]23C[C@@H]1CC[C@@H]2[C@@]1(C)CC[C@H](O)[C@@](C)(COC(C)=O)[C@@H]1C[C@H]3O. The number of rotatable bonds is 2. The number of carbonyl (C=O) groups excluding carboxylic acids is 1.